The second-order valence-corrected chi connectivity index (χ2v) is 16.0. The Labute approximate surface area is 245 Å². The Balaban J connectivity index is 1.36. The molecule has 9 atom stereocenters. The molecule has 41 heavy (non-hydrogen) atoms. The number of nitrogens with zero attached hydrogens (tertiary/aromatic N) is 2. The molecule has 2 N–H and O–H groups in total. The van der Waals surface area contributed by atoms with E-state index in [-0.39, 0.29) is 34.1 Å². The second kappa shape index (κ2) is 9.07. The SMILES string of the molecule is C=C(C)[C@@H]1CC[C@]2(C(=O)O)CC[C@]3(C)[C@H](CC[C@@H]4[C@@]5(C)CC=C(c6ccn(CC(=O)O)n6)C(C)(C)[C@@H]5CC[C@]43C)[C@@H]12. The summed E-state index contributed by atoms with van der Waals surface area (Å²) in [6.45, 7) is 18.8. The average molecular weight is 563 g/mol. The van der Waals surface area contributed by atoms with E-state index in [0.717, 1.165) is 50.6 Å². The number of carboxylic acids is 2. The fourth-order valence-corrected chi connectivity index (χ4v) is 12.3. The molecule has 6 heteroatoms. The molecule has 5 aliphatic carbocycles. The highest BCUT2D eigenvalue weighted by atomic mass is 16.4. The van der Waals surface area contributed by atoms with E-state index in [1.54, 1.807) is 6.20 Å². The maximum atomic E-state index is 12.9. The fourth-order valence-electron chi connectivity index (χ4n) is 12.3. The van der Waals surface area contributed by atoms with Crippen molar-refractivity contribution < 1.29 is 19.8 Å². The highest BCUT2D eigenvalue weighted by Crippen LogP contribution is 2.77. The van der Waals surface area contributed by atoms with Crippen LogP contribution in [-0.4, -0.2) is 31.9 Å². The first-order chi connectivity index (χ1) is 19.1. The Bertz CT molecular complexity index is 1320. The summed E-state index contributed by atoms with van der Waals surface area (Å²) in [4.78, 5) is 24.2. The van der Waals surface area contributed by atoms with Gasteiger partial charge in [0.1, 0.15) is 6.54 Å². The zero-order chi connectivity index (χ0) is 29.8. The molecule has 224 valence electrons. The van der Waals surface area contributed by atoms with Crippen LogP contribution in [0.15, 0.2) is 30.5 Å². The lowest BCUT2D eigenvalue weighted by molar-refractivity contribution is -0.227. The first kappa shape index (κ1) is 28.7. The Morgan fingerprint density at radius 2 is 1.71 bits per heavy atom. The molecule has 0 unspecified atom stereocenters. The molecule has 0 spiro atoms. The van der Waals surface area contributed by atoms with Crippen LogP contribution < -0.4 is 0 Å². The summed E-state index contributed by atoms with van der Waals surface area (Å²) in [5.41, 5.74) is 3.14. The van der Waals surface area contributed by atoms with Crippen molar-refractivity contribution in [2.45, 2.75) is 106 Å². The van der Waals surface area contributed by atoms with Crippen LogP contribution in [0.2, 0.25) is 0 Å². The maximum absolute atomic E-state index is 12.9. The zero-order valence-electron chi connectivity index (χ0n) is 26.0. The van der Waals surface area contributed by atoms with Crippen molar-refractivity contribution in [1.82, 2.24) is 9.78 Å². The van der Waals surface area contributed by atoms with Gasteiger partial charge in [-0.3, -0.25) is 14.3 Å². The molecule has 1 aromatic rings. The Morgan fingerprint density at radius 3 is 2.37 bits per heavy atom. The van der Waals surface area contributed by atoms with Gasteiger partial charge in [0, 0.05) is 6.20 Å². The molecule has 1 aromatic heterocycles. The van der Waals surface area contributed by atoms with Gasteiger partial charge < -0.3 is 10.2 Å². The van der Waals surface area contributed by atoms with Crippen molar-refractivity contribution in [3.05, 3.63) is 36.2 Å². The van der Waals surface area contributed by atoms with E-state index in [1.807, 2.05) is 6.07 Å². The van der Waals surface area contributed by atoms with Crippen LogP contribution in [0.5, 0.6) is 0 Å². The number of carboxylic acid groups (broad SMARTS) is 2. The minimum absolute atomic E-state index is 0.0734. The molecule has 0 aliphatic heterocycles. The fraction of sp³-hybridized carbons (Fsp3) is 0.743. The molecule has 5 aliphatic rings. The lowest BCUT2D eigenvalue weighted by atomic mass is 9.32. The Morgan fingerprint density at radius 1 is 0.976 bits per heavy atom. The summed E-state index contributed by atoms with van der Waals surface area (Å²) in [6, 6.07) is 1.98. The lowest BCUT2D eigenvalue weighted by Gasteiger charge is -2.72. The zero-order valence-corrected chi connectivity index (χ0v) is 26.0. The molecule has 4 saturated carbocycles. The molecule has 0 bridgehead atoms. The monoisotopic (exact) mass is 562 g/mol. The van der Waals surface area contributed by atoms with E-state index >= 15 is 0 Å². The number of allylic oxidation sites excluding steroid dienone is 3. The molecular weight excluding hydrogens is 512 g/mol. The van der Waals surface area contributed by atoms with Gasteiger partial charge in [-0.1, -0.05) is 52.8 Å². The third-order valence-corrected chi connectivity index (χ3v) is 14.3. The molecule has 6 nitrogen and oxygen atoms in total. The van der Waals surface area contributed by atoms with Gasteiger partial charge in [-0.15, -0.1) is 0 Å². The number of aromatic nitrogens is 2. The third kappa shape index (κ3) is 3.70. The number of carbonyl (C=O) groups is 2. The van der Waals surface area contributed by atoms with Gasteiger partial charge in [0.25, 0.3) is 0 Å². The van der Waals surface area contributed by atoms with Crippen molar-refractivity contribution in [1.29, 1.82) is 0 Å². The van der Waals surface area contributed by atoms with Crippen LogP contribution in [-0.2, 0) is 16.1 Å². The molecule has 1 heterocycles. The average Bonchev–Trinajstić information content (AvgIpc) is 3.49. The smallest absolute Gasteiger partial charge is 0.325 e. The van der Waals surface area contributed by atoms with E-state index in [9.17, 15) is 19.8 Å². The minimum Gasteiger partial charge on any atom is -0.481 e. The van der Waals surface area contributed by atoms with Crippen LogP contribution in [0.3, 0.4) is 0 Å². The summed E-state index contributed by atoms with van der Waals surface area (Å²) in [5.74, 6) is 0.605. The number of hydrogen-bond acceptors (Lipinski definition) is 3. The van der Waals surface area contributed by atoms with Crippen LogP contribution >= 0.6 is 0 Å². The van der Waals surface area contributed by atoms with Crippen LogP contribution in [0.25, 0.3) is 5.57 Å². The van der Waals surface area contributed by atoms with Gasteiger partial charge in [-0.2, -0.15) is 5.10 Å². The largest absolute Gasteiger partial charge is 0.481 e. The molecule has 0 amide bonds. The number of fused-ring (bicyclic) bond motifs is 7. The summed E-state index contributed by atoms with van der Waals surface area (Å²) in [5, 5.41) is 24.5. The summed E-state index contributed by atoms with van der Waals surface area (Å²) < 4.78 is 1.53. The van der Waals surface area contributed by atoms with Crippen molar-refractivity contribution in [2.24, 2.45) is 56.7 Å². The van der Waals surface area contributed by atoms with Crippen LogP contribution in [0.4, 0.5) is 0 Å². The van der Waals surface area contributed by atoms with E-state index in [0.29, 0.717) is 23.7 Å². The Kier molecular flexibility index (Phi) is 6.35. The molecule has 0 saturated heterocycles. The van der Waals surface area contributed by atoms with Crippen molar-refractivity contribution in [3.63, 3.8) is 0 Å². The quantitative estimate of drug-likeness (QED) is 0.359. The third-order valence-electron chi connectivity index (χ3n) is 14.3. The predicted molar refractivity (Wildman–Crippen MR) is 160 cm³/mol. The van der Waals surface area contributed by atoms with E-state index in [1.165, 1.54) is 28.7 Å². The summed E-state index contributed by atoms with van der Waals surface area (Å²) in [6.07, 6.45) is 13.5. The standard InChI is InChI=1S/C35H50N2O4/c1-21(2)22-10-16-35(30(40)41)18-17-33(6)24(29(22)35)8-9-27-32(5)14-11-23(25-13-19-37(36-25)20-28(38)39)31(3,4)26(32)12-15-34(27,33)7/h11,13,19,22,24,26-27,29H,1,8-10,12,14-18,20H2,2-7H3,(H,38,39)(H,40,41)/t22-,24+,26-,27+,29+,32-,33+,34+,35-/m0/s1. The van der Waals surface area contributed by atoms with Gasteiger partial charge >= 0.3 is 11.9 Å². The van der Waals surface area contributed by atoms with Crippen molar-refractivity contribution in [2.75, 3.05) is 0 Å². The first-order valence-corrected chi connectivity index (χ1v) is 16.0. The van der Waals surface area contributed by atoms with Gasteiger partial charge in [0.15, 0.2) is 0 Å². The van der Waals surface area contributed by atoms with Crippen molar-refractivity contribution in [3.8, 4) is 0 Å². The number of rotatable bonds is 5. The van der Waals surface area contributed by atoms with Gasteiger partial charge in [0.2, 0.25) is 0 Å². The number of hydrogen-bond donors (Lipinski definition) is 2. The highest BCUT2D eigenvalue weighted by molar-refractivity contribution is 5.76. The van der Waals surface area contributed by atoms with Gasteiger partial charge in [0.05, 0.1) is 11.1 Å². The molecular formula is C35H50N2O4. The molecule has 0 aromatic carbocycles. The minimum atomic E-state index is -0.879. The van der Waals surface area contributed by atoms with E-state index < -0.39 is 17.4 Å². The molecule has 0 radical (unpaired) electrons. The molecule has 4 fully saturated rings. The first-order valence-electron chi connectivity index (χ1n) is 16.0. The maximum Gasteiger partial charge on any atom is 0.325 e. The van der Waals surface area contributed by atoms with E-state index in [4.69, 9.17) is 0 Å². The highest BCUT2D eigenvalue weighted by Gasteiger charge is 2.71. The summed E-state index contributed by atoms with van der Waals surface area (Å²) >= 11 is 0. The summed E-state index contributed by atoms with van der Waals surface area (Å²) in [7, 11) is 0. The lowest BCUT2D eigenvalue weighted by Crippen LogP contribution is -2.65. The van der Waals surface area contributed by atoms with Gasteiger partial charge in [-0.25, -0.2) is 0 Å². The normalized spacial score (nSPS) is 44.5. The second-order valence-electron chi connectivity index (χ2n) is 16.0. The molecule has 6 rings (SSSR count). The van der Waals surface area contributed by atoms with Crippen LogP contribution in [0.1, 0.15) is 105 Å². The topological polar surface area (TPSA) is 92.4 Å². The van der Waals surface area contributed by atoms with E-state index in [2.05, 4.69) is 59.3 Å². The number of aliphatic carboxylic acids is 2. The van der Waals surface area contributed by atoms with Crippen LogP contribution in [0, 0.1) is 56.7 Å². The Hall–Kier alpha value is -2.37. The van der Waals surface area contributed by atoms with Crippen molar-refractivity contribution >= 4 is 17.5 Å². The predicted octanol–water partition coefficient (Wildman–Crippen LogP) is 7.70. The van der Waals surface area contributed by atoms with Gasteiger partial charge in [-0.05, 0) is 128 Å².